The van der Waals surface area contributed by atoms with Crippen molar-refractivity contribution in [2.24, 2.45) is 0 Å². The van der Waals surface area contributed by atoms with Gasteiger partial charge < -0.3 is 5.32 Å². The van der Waals surface area contributed by atoms with Gasteiger partial charge in [-0.15, -0.1) is 0 Å². The number of amides is 1. The van der Waals surface area contributed by atoms with E-state index < -0.39 is 0 Å². The summed E-state index contributed by atoms with van der Waals surface area (Å²) in [5.41, 5.74) is 2.71. The number of nitrogens with zero attached hydrogens (tertiary/aromatic N) is 1. The van der Waals surface area contributed by atoms with E-state index in [0.717, 1.165) is 15.6 Å². The highest BCUT2D eigenvalue weighted by molar-refractivity contribution is 9.10. The SMILES string of the molecule is Cc1ccc(NC(=O)c2ccc(Br)c(C)c2)nc1. The topological polar surface area (TPSA) is 42.0 Å². The van der Waals surface area contributed by atoms with E-state index in [1.165, 1.54) is 0 Å². The standard InChI is InChI=1S/C14H13BrN2O/c1-9-3-6-13(16-8-9)17-14(18)11-4-5-12(15)10(2)7-11/h3-8H,1-2H3,(H,16,17,18). The monoisotopic (exact) mass is 304 g/mol. The Bertz CT molecular complexity index is 579. The number of benzene rings is 1. The average molecular weight is 305 g/mol. The molecule has 0 unspecified atom stereocenters. The highest BCUT2D eigenvalue weighted by Crippen LogP contribution is 2.17. The zero-order valence-corrected chi connectivity index (χ0v) is 11.8. The Morgan fingerprint density at radius 3 is 2.61 bits per heavy atom. The minimum absolute atomic E-state index is 0.151. The Labute approximate surface area is 114 Å². The van der Waals surface area contributed by atoms with Gasteiger partial charge in [0.2, 0.25) is 0 Å². The van der Waals surface area contributed by atoms with E-state index in [0.29, 0.717) is 11.4 Å². The fourth-order valence-corrected chi connectivity index (χ4v) is 1.76. The lowest BCUT2D eigenvalue weighted by atomic mass is 10.1. The van der Waals surface area contributed by atoms with Crippen LogP contribution in [0.2, 0.25) is 0 Å². The number of hydrogen-bond donors (Lipinski definition) is 1. The van der Waals surface area contributed by atoms with E-state index in [9.17, 15) is 4.79 Å². The van der Waals surface area contributed by atoms with E-state index >= 15 is 0 Å². The summed E-state index contributed by atoms with van der Waals surface area (Å²) in [5, 5.41) is 2.77. The van der Waals surface area contributed by atoms with Gasteiger partial charge in [-0.05, 0) is 49.2 Å². The highest BCUT2D eigenvalue weighted by Gasteiger charge is 2.07. The minimum Gasteiger partial charge on any atom is -0.307 e. The van der Waals surface area contributed by atoms with Crippen LogP contribution in [0.5, 0.6) is 0 Å². The number of aryl methyl sites for hydroxylation is 2. The van der Waals surface area contributed by atoms with E-state index in [-0.39, 0.29) is 5.91 Å². The fraction of sp³-hybridized carbons (Fsp3) is 0.143. The third kappa shape index (κ3) is 2.96. The van der Waals surface area contributed by atoms with Crippen molar-refractivity contribution in [2.45, 2.75) is 13.8 Å². The number of halogens is 1. The summed E-state index contributed by atoms with van der Waals surface area (Å²) in [7, 11) is 0. The van der Waals surface area contributed by atoms with Gasteiger partial charge in [-0.25, -0.2) is 4.98 Å². The molecule has 92 valence electrons. The van der Waals surface area contributed by atoms with Crippen LogP contribution in [0.1, 0.15) is 21.5 Å². The third-order valence-electron chi connectivity index (χ3n) is 2.57. The van der Waals surface area contributed by atoms with E-state index in [2.05, 4.69) is 26.2 Å². The molecule has 0 aliphatic carbocycles. The van der Waals surface area contributed by atoms with Crippen LogP contribution in [0.15, 0.2) is 41.0 Å². The van der Waals surface area contributed by atoms with Crippen LogP contribution in [0.4, 0.5) is 5.82 Å². The summed E-state index contributed by atoms with van der Waals surface area (Å²) < 4.78 is 0.993. The van der Waals surface area contributed by atoms with Crippen molar-refractivity contribution in [3.8, 4) is 0 Å². The van der Waals surface area contributed by atoms with Gasteiger partial charge in [-0.1, -0.05) is 22.0 Å². The summed E-state index contributed by atoms with van der Waals surface area (Å²) in [6, 6.07) is 9.19. The lowest BCUT2D eigenvalue weighted by Crippen LogP contribution is -2.13. The molecule has 0 saturated carbocycles. The Hall–Kier alpha value is -1.68. The zero-order valence-electron chi connectivity index (χ0n) is 10.2. The first-order valence-corrected chi connectivity index (χ1v) is 6.36. The Morgan fingerprint density at radius 1 is 1.22 bits per heavy atom. The minimum atomic E-state index is -0.151. The van der Waals surface area contributed by atoms with Crippen LogP contribution < -0.4 is 5.32 Å². The fourth-order valence-electron chi connectivity index (χ4n) is 1.52. The molecule has 0 spiro atoms. The predicted octanol–water partition coefficient (Wildman–Crippen LogP) is 3.71. The van der Waals surface area contributed by atoms with Gasteiger partial charge in [-0.3, -0.25) is 4.79 Å². The molecule has 0 aliphatic heterocycles. The molecule has 1 N–H and O–H groups in total. The molecular formula is C14H13BrN2O. The predicted molar refractivity (Wildman–Crippen MR) is 75.8 cm³/mol. The maximum atomic E-state index is 12.0. The third-order valence-corrected chi connectivity index (χ3v) is 3.46. The van der Waals surface area contributed by atoms with E-state index in [4.69, 9.17) is 0 Å². The molecule has 0 fully saturated rings. The molecule has 4 heteroatoms. The molecule has 3 nitrogen and oxygen atoms in total. The molecule has 1 aromatic carbocycles. The second kappa shape index (κ2) is 5.31. The summed E-state index contributed by atoms with van der Waals surface area (Å²) in [4.78, 5) is 16.1. The lowest BCUT2D eigenvalue weighted by Gasteiger charge is -2.06. The summed E-state index contributed by atoms with van der Waals surface area (Å²) in [6.45, 7) is 3.90. The molecule has 2 rings (SSSR count). The van der Waals surface area contributed by atoms with Gasteiger partial charge in [0.15, 0.2) is 0 Å². The summed E-state index contributed by atoms with van der Waals surface area (Å²) >= 11 is 3.41. The normalized spacial score (nSPS) is 10.2. The van der Waals surface area contributed by atoms with Gasteiger partial charge in [0.05, 0.1) is 0 Å². The van der Waals surface area contributed by atoms with Crippen LogP contribution in [-0.2, 0) is 0 Å². The van der Waals surface area contributed by atoms with E-state index in [1.54, 1.807) is 18.3 Å². The average Bonchev–Trinajstić information content (AvgIpc) is 2.35. The molecule has 2 aromatic rings. The summed E-state index contributed by atoms with van der Waals surface area (Å²) in [5.74, 6) is 0.410. The maximum absolute atomic E-state index is 12.0. The van der Waals surface area contributed by atoms with Gasteiger partial charge in [0.25, 0.3) is 5.91 Å². The van der Waals surface area contributed by atoms with E-state index in [1.807, 2.05) is 32.0 Å². The van der Waals surface area contributed by atoms with Crippen LogP contribution in [0.3, 0.4) is 0 Å². The Kier molecular flexibility index (Phi) is 3.77. The molecule has 1 amide bonds. The van der Waals surface area contributed by atoms with Gasteiger partial charge in [-0.2, -0.15) is 0 Å². The Morgan fingerprint density at radius 2 is 2.00 bits per heavy atom. The van der Waals surface area contributed by atoms with Crippen molar-refractivity contribution in [1.82, 2.24) is 4.98 Å². The van der Waals surface area contributed by atoms with Gasteiger partial charge in [0.1, 0.15) is 5.82 Å². The number of rotatable bonds is 2. The van der Waals surface area contributed by atoms with Crippen LogP contribution in [-0.4, -0.2) is 10.9 Å². The van der Waals surface area contributed by atoms with Crippen LogP contribution >= 0.6 is 15.9 Å². The molecular weight excluding hydrogens is 292 g/mol. The van der Waals surface area contributed by atoms with Crippen molar-refractivity contribution in [3.63, 3.8) is 0 Å². The number of pyridine rings is 1. The number of hydrogen-bond acceptors (Lipinski definition) is 2. The van der Waals surface area contributed by atoms with Crippen molar-refractivity contribution in [2.75, 3.05) is 5.32 Å². The lowest BCUT2D eigenvalue weighted by molar-refractivity contribution is 0.102. The van der Waals surface area contributed by atoms with Crippen LogP contribution in [0.25, 0.3) is 0 Å². The molecule has 0 atom stereocenters. The molecule has 0 aliphatic rings. The number of carbonyl (C=O) groups excluding carboxylic acids is 1. The summed E-state index contributed by atoms with van der Waals surface area (Å²) in [6.07, 6.45) is 1.72. The molecule has 1 aromatic heterocycles. The van der Waals surface area contributed by atoms with Crippen molar-refractivity contribution in [3.05, 3.63) is 57.7 Å². The smallest absolute Gasteiger partial charge is 0.256 e. The van der Waals surface area contributed by atoms with Crippen LogP contribution in [0, 0.1) is 13.8 Å². The van der Waals surface area contributed by atoms with Gasteiger partial charge >= 0.3 is 0 Å². The molecule has 0 radical (unpaired) electrons. The molecule has 0 bridgehead atoms. The number of nitrogens with one attached hydrogen (secondary N) is 1. The number of anilines is 1. The number of aromatic nitrogens is 1. The Balaban J connectivity index is 2.16. The van der Waals surface area contributed by atoms with Gasteiger partial charge in [0, 0.05) is 16.2 Å². The molecule has 1 heterocycles. The molecule has 18 heavy (non-hydrogen) atoms. The zero-order chi connectivity index (χ0) is 13.1. The first kappa shape index (κ1) is 12.8. The number of carbonyl (C=O) groups is 1. The second-order valence-electron chi connectivity index (χ2n) is 4.14. The van der Waals surface area contributed by atoms with Crippen molar-refractivity contribution in [1.29, 1.82) is 0 Å². The second-order valence-corrected chi connectivity index (χ2v) is 4.99. The highest BCUT2D eigenvalue weighted by atomic mass is 79.9. The first-order valence-electron chi connectivity index (χ1n) is 5.56. The maximum Gasteiger partial charge on any atom is 0.256 e. The molecule has 0 saturated heterocycles. The van der Waals surface area contributed by atoms with Crippen molar-refractivity contribution < 1.29 is 4.79 Å². The largest absolute Gasteiger partial charge is 0.307 e. The van der Waals surface area contributed by atoms with Crippen molar-refractivity contribution >= 4 is 27.7 Å². The first-order chi connectivity index (χ1) is 8.56. The quantitative estimate of drug-likeness (QED) is 0.919.